The van der Waals surface area contributed by atoms with E-state index in [2.05, 4.69) is 58.4 Å². The third-order valence-corrected chi connectivity index (χ3v) is 11.5. The SMILES string of the molecule is C=CCCCCCCCCCCCC(CC=C)C(CCCCCCCCCCCC=C)C(CCCC)CCCCCCCCCCC(=C)C. The second-order valence-electron chi connectivity index (χ2n) is 16.3. The number of hydrogen-bond donors (Lipinski definition) is 0. The molecule has 0 radical (unpaired) electrons. The standard InChI is InChI=1S/C49H92/c1-7-11-14-16-18-20-22-24-29-33-37-43-47(40-10-4)49(45-39-35-31-25-23-21-19-17-15-12-8-2)48(42-13-9-3)44-38-34-30-27-26-28-32-36-41-46(5)6/h7-8,10,47-49H,1-2,4-5,9,11-45H2,3,6H3. The highest BCUT2D eigenvalue weighted by Crippen LogP contribution is 2.39. The van der Waals surface area contributed by atoms with E-state index in [1.54, 1.807) is 0 Å². The van der Waals surface area contributed by atoms with Crippen LogP contribution in [0, 0.1) is 17.8 Å². The van der Waals surface area contributed by atoms with Gasteiger partial charge in [-0.2, -0.15) is 0 Å². The van der Waals surface area contributed by atoms with Gasteiger partial charge in [0.2, 0.25) is 0 Å². The van der Waals surface area contributed by atoms with Crippen LogP contribution in [0.25, 0.3) is 0 Å². The second-order valence-corrected chi connectivity index (χ2v) is 16.3. The second kappa shape index (κ2) is 39.7. The number of hydrogen-bond acceptors (Lipinski definition) is 0. The van der Waals surface area contributed by atoms with Crippen LogP contribution >= 0.6 is 0 Å². The highest BCUT2D eigenvalue weighted by atomic mass is 14.3. The zero-order valence-corrected chi connectivity index (χ0v) is 34.2. The molecule has 0 saturated heterocycles. The molecular formula is C49H92. The Bertz CT molecular complexity index is 699. The summed E-state index contributed by atoms with van der Waals surface area (Å²) in [5.74, 6) is 2.71. The fourth-order valence-electron chi connectivity index (χ4n) is 8.35. The smallest absolute Gasteiger partial charge is 0.0322 e. The first-order valence-corrected chi connectivity index (χ1v) is 22.6. The Labute approximate surface area is 311 Å². The maximum atomic E-state index is 4.29. The van der Waals surface area contributed by atoms with Crippen molar-refractivity contribution in [2.45, 2.75) is 245 Å². The van der Waals surface area contributed by atoms with E-state index in [0.29, 0.717) is 0 Å². The van der Waals surface area contributed by atoms with Crippen LogP contribution in [0.2, 0.25) is 0 Å². The van der Waals surface area contributed by atoms with Gasteiger partial charge < -0.3 is 0 Å². The van der Waals surface area contributed by atoms with Crippen molar-refractivity contribution in [3.63, 3.8) is 0 Å². The summed E-state index contributed by atoms with van der Waals surface area (Å²) in [5, 5.41) is 0. The Morgan fingerprint density at radius 3 is 1.14 bits per heavy atom. The van der Waals surface area contributed by atoms with Crippen molar-refractivity contribution in [3.05, 3.63) is 50.1 Å². The van der Waals surface area contributed by atoms with Crippen molar-refractivity contribution in [1.29, 1.82) is 0 Å². The van der Waals surface area contributed by atoms with Gasteiger partial charge in [0.15, 0.2) is 0 Å². The van der Waals surface area contributed by atoms with Crippen molar-refractivity contribution >= 4 is 0 Å². The summed E-state index contributed by atoms with van der Waals surface area (Å²) in [6, 6.07) is 0. The van der Waals surface area contributed by atoms with E-state index in [0.717, 1.165) is 17.8 Å². The molecule has 0 aliphatic carbocycles. The molecule has 0 heteroatoms. The van der Waals surface area contributed by atoms with E-state index < -0.39 is 0 Å². The predicted octanol–water partition coefficient (Wildman–Crippen LogP) is 18.0. The fraction of sp³-hybridized carbons (Fsp3) is 0.837. The van der Waals surface area contributed by atoms with Gasteiger partial charge in [-0.3, -0.25) is 0 Å². The molecule has 0 aliphatic rings. The highest BCUT2D eigenvalue weighted by Gasteiger charge is 2.27. The van der Waals surface area contributed by atoms with E-state index >= 15 is 0 Å². The van der Waals surface area contributed by atoms with Crippen molar-refractivity contribution in [2.24, 2.45) is 17.8 Å². The van der Waals surface area contributed by atoms with Crippen molar-refractivity contribution in [1.82, 2.24) is 0 Å². The number of unbranched alkanes of at least 4 members (excludes halogenated alkanes) is 26. The Morgan fingerprint density at radius 1 is 0.408 bits per heavy atom. The van der Waals surface area contributed by atoms with Crippen LogP contribution < -0.4 is 0 Å². The molecule has 288 valence electrons. The lowest BCUT2D eigenvalue weighted by atomic mass is 9.71. The summed E-state index contributed by atoms with van der Waals surface area (Å²) >= 11 is 0. The summed E-state index contributed by atoms with van der Waals surface area (Å²) in [4.78, 5) is 0. The first kappa shape index (κ1) is 48.0. The van der Waals surface area contributed by atoms with Gasteiger partial charge in [0, 0.05) is 0 Å². The Kier molecular flexibility index (Phi) is 38.9. The molecule has 0 aliphatic heterocycles. The Balaban J connectivity index is 4.89. The zero-order chi connectivity index (χ0) is 35.9. The highest BCUT2D eigenvalue weighted by molar-refractivity contribution is 4.87. The molecule has 0 N–H and O–H groups in total. The predicted molar refractivity (Wildman–Crippen MR) is 228 cm³/mol. The van der Waals surface area contributed by atoms with Gasteiger partial charge in [0.05, 0.1) is 0 Å². The molecule has 0 nitrogen and oxygen atoms in total. The summed E-state index contributed by atoms with van der Waals surface area (Å²) in [6.45, 7) is 20.7. The van der Waals surface area contributed by atoms with Crippen LogP contribution in [-0.2, 0) is 0 Å². The minimum absolute atomic E-state index is 0.860. The molecule has 3 unspecified atom stereocenters. The third-order valence-electron chi connectivity index (χ3n) is 11.5. The monoisotopic (exact) mass is 681 g/mol. The molecule has 3 atom stereocenters. The van der Waals surface area contributed by atoms with E-state index in [1.807, 2.05) is 0 Å². The average Bonchev–Trinajstić information content (AvgIpc) is 3.09. The lowest BCUT2D eigenvalue weighted by Crippen LogP contribution is -2.24. The van der Waals surface area contributed by atoms with Crippen molar-refractivity contribution in [2.75, 3.05) is 0 Å². The summed E-state index contributed by atoms with van der Waals surface area (Å²) in [7, 11) is 0. The van der Waals surface area contributed by atoms with Gasteiger partial charge >= 0.3 is 0 Å². The quantitative estimate of drug-likeness (QED) is 0.0445. The molecule has 0 aromatic carbocycles. The molecule has 0 bridgehead atoms. The van der Waals surface area contributed by atoms with Gasteiger partial charge in [0.25, 0.3) is 0 Å². The van der Waals surface area contributed by atoms with Crippen LogP contribution in [-0.4, -0.2) is 0 Å². The van der Waals surface area contributed by atoms with Crippen molar-refractivity contribution in [3.8, 4) is 0 Å². The maximum Gasteiger partial charge on any atom is -0.0322 e. The summed E-state index contributed by atoms with van der Waals surface area (Å²) < 4.78 is 0. The van der Waals surface area contributed by atoms with Gasteiger partial charge in [-0.1, -0.05) is 204 Å². The van der Waals surface area contributed by atoms with Crippen LogP contribution in [0.3, 0.4) is 0 Å². The molecule has 0 aromatic rings. The van der Waals surface area contributed by atoms with E-state index in [9.17, 15) is 0 Å². The first-order chi connectivity index (χ1) is 24.1. The van der Waals surface area contributed by atoms with Gasteiger partial charge in [-0.05, 0) is 82.5 Å². The normalized spacial score (nSPS) is 13.3. The average molecular weight is 681 g/mol. The van der Waals surface area contributed by atoms with Crippen LogP contribution in [0.5, 0.6) is 0 Å². The largest absolute Gasteiger partial charge is 0.103 e. The molecule has 49 heavy (non-hydrogen) atoms. The maximum absolute atomic E-state index is 4.29. The van der Waals surface area contributed by atoms with E-state index in [-0.39, 0.29) is 0 Å². The minimum Gasteiger partial charge on any atom is -0.103 e. The van der Waals surface area contributed by atoms with Gasteiger partial charge in [-0.15, -0.1) is 26.3 Å². The molecular weight excluding hydrogens is 589 g/mol. The van der Waals surface area contributed by atoms with Crippen molar-refractivity contribution < 1.29 is 0 Å². The lowest BCUT2D eigenvalue weighted by molar-refractivity contribution is 0.168. The van der Waals surface area contributed by atoms with E-state index in [1.165, 1.54) is 237 Å². The topological polar surface area (TPSA) is 0 Å². The molecule has 0 aromatic heterocycles. The summed E-state index contributed by atoms with van der Waals surface area (Å²) in [5.41, 5.74) is 1.35. The molecule has 0 amide bonds. The number of rotatable bonds is 42. The fourth-order valence-corrected chi connectivity index (χ4v) is 8.35. The number of allylic oxidation sites excluding steroid dienone is 4. The Hall–Kier alpha value is -1.04. The summed E-state index contributed by atoms with van der Waals surface area (Å²) in [6.07, 6.45) is 57.0. The van der Waals surface area contributed by atoms with E-state index in [4.69, 9.17) is 0 Å². The van der Waals surface area contributed by atoms with Crippen LogP contribution in [0.1, 0.15) is 245 Å². The zero-order valence-electron chi connectivity index (χ0n) is 34.2. The first-order valence-electron chi connectivity index (χ1n) is 22.6. The third kappa shape index (κ3) is 33.8. The van der Waals surface area contributed by atoms with Crippen LogP contribution in [0.4, 0.5) is 0 Å². The lowest BCUT2D eigenvalue weighted by Gasteiger charge is -2.34. The molecule has 0 saturated carbocycles. The van der Waals surface area contributed by atoms with Gasteiger partial charge in [-0.25, -0.2) is 0 Å². The van der Waals surface area contributed by atoms with Gasteiger partial charge in [0.1, 0.15) is 0 Å². The molecule has 0 heterocycles. The molecule has 0 spiro atoms. The molecule has 0 rings (SSSR count). The van der Waals surface area contributed by atoms with Crippen LogP contribution in [0.15, 0.2) is 50.1 Å². The Morgan fingerprint density at radius 2 is 0.755 bits per heavy atom. The molecule has 0 fully saturated rings. The minimum atomic E-state index is 0.860.